The summed E-state index contributed by atoms with van der Waals surface area (Å²) in [5.74, 6) is 0.319. The average Bonchev–Trinajstić information content (AvgIpc) is 2.27. The molecule has 1 aliphatic heterocycles. The van der Waals surface area contributed by atoms with Gasteiger partial charge in [-0.05, 0) is 17.5 Å². The lowest BCUT2D eigenvalue weighted by atomic mass is 9.93. The van der Waals surface area contributed by atoms with Crippen LogP contribution in [0, 0.1) is 0 Å². The summed E-state index contributed by atoms with van der Waals surface area (Å²) < 4.78 is 0. The highest BCUT2D eigenvalue weighted by Gasteiger charge is 2.21. The van der Waals surface area contributed by atoms with Crippen molar-refractivity contribution in [3.05, 3.63) is 35.4 Å². The van der Waals surface area contributed by atoms with Gasteiger partial charge < -0.3 is 5.32 Å². The Morgan fingerprint density at radius 2 is 2.14 bits per heavy atom. The van der Waals surface area contributed by atoms with Gasteiger partial charge in [-0.15, -0.1) is 0 Å². The van der Waals surface area contributed by atoms with Crippen LogP contribution in [0.3, 0.4) is 0 Å². The highest BCUT2D eigenvalue weighted by Crippen LogP contribution is 2.16. The quantitative estimate of drug-likeness (QED) is 0.767. The molecule has 2 heteroatoms. The smallest absolute Gasteiger partial charge is 0.149 e. The summed E-state index contributed by atoms with van der Waals surface area (Å²) in [5, 5.41) is 3.28. The van der Waals surface area contributed by atoms with Gasteiger partial charge in [-0.2, -0.15) is 0 Å². The van der Waals surface area contributed by atoms with E-state index >= 15 is 0 Å². The molecule has 1 aromatic rings. The molecule has 14 heavy (non-hydrogen) atoms. The van der Waals surface area contributed by atoms with Crippen molar-refractivity contribution in [1.82, 2.24) is 5.32 Å². The van der Waals surface area contributed by atoms with Crippen molar-refractivity contribution in [2.24, 2.45) is 0 Å². The molecule has 0 bridgehead atoms. The van der Waals surface area contributed by atoms with E-state index in [0.29, 0.717) is 12.2 Å². The Morgan fingerprint density at radius 3 is 2.86 bits per heavy atom. The second kappa shape index (κ2) is 3.93. The summed E-state index contributed by atoms with van der Waals surface area (Å²) in [4.78, 5) is 11.5. The van der Waals surface area contributed by atoms with E-state index in [-0.39, 0.29) is 6.04 Å². The standard InChI is InChI=1S/C12H15NO/c1-2-12(14)11-7-9-5-3-4-6-10(9)8-13-11/h3-6,11,13H,2,7-8H2,1H3/t11-/m0/s1. The minimum Gasteiger partial charge on any atom is -0.303 e. The van der Waals surface area contributed by atoms with Gasteiger partial charge in [-0.1, -0.05) is 31.2 Å². The van der Waals surface area contributed by atoms with E-state index in [1.54, 1.807) is 0 Å². The third-order valence-corrected chi connectivity index (χ3v) is 2.82. The monoisotopic (exact) mass is 189 g/mol. The minimum atomic E-state index is 0.0369. The molecule has 1 N–H and O–H groups in total. The normalized spacial score (nSPS) is 20.2. The molecule has 0 fully saturated rings. The third kappa shape index (κ3) is 1.70. The number of nitrogens with one attached hydrogen (secondary N) is 1. The van der Waals surface area contributed by atoms with Crippen LogP contribution in [-0.4, -0.2) is 11.8 Å². The fourth-order valence-electron chi connectivity index (χ4n) is 1.93. The van der Waals surface area contributed by atoms with Crippen molar-refractivity contribution < 1.29 is 4.79 Å². The van der Waals surface area contributed by atoms with E-state index in [1.807, 2.05) is 19.1 Å². The summed E-state index contributed by atoms with van der Waals surface area (Å²) in [5.41, 5.74) is 2.64. The van der Waals surface area contributed by atoms with Crippen LogP contribution < -0.4 is 5.32 Å². The molecule has 1 atom stereocenters. The molecule has 0 aliphatic carbocycles. The number of fused-ring (bicyclic) bond motifs is 1. The first-order valence-corrected chi connectivity index (χ1v) is 5.14. The van der Waals surface area contributed by atoms with Crippen LogP contribution in [0.1, 0.15) is 24.5 Å². The number of ketones is 1. The molecular formula is C12H15NO. The van der Waals surface area contributed by atoms with E-state index in [4.69, 9.17) is 0 Å². The Morgan fingerprint density at radius 1 is 1.43 bits per heavy atom. The van der Waals surface area contributed by atoms with Gasteiger partial charge in [-0.25, -0.2) is 0 Å². The van der Waals surface area contributed by atoms with Gasteiger partial charge in [0.05, 0.1) is 6.04 Å². The Kier molecular flexibility index (Phi) is 2.64. The van der Waals surface area contributed by atoms with E-state index in [2.05, 4.69) is 17.4 Å². The van der Waals surface area contributed by atoms with E-state index in [1.165, 1.54) is 11.1 Å². The van der Waals surface area contributed by atoms with Gasteiger partial charge in [0.2, 0.25) is 0 Å². The van der Waals surface area contributed by atoms with E-state index in [9.17, 15) is 4.79 Å². The molecule has 0 spiro atoms. The lowest BCUT2D eigenvalue weighted by molar-refractivity contribution is -0.120. The number of Topliss-reactive ketones (excluding diaryl/α,β-unsaturated/α-hetero) is 1. The molecule has 0 amide bonds. The molecule has 0 radical (unpaired) electrons. The van der Waals surface area contributed by atoms with Gasteiger partial charge in [-0.3, -0.25) is 4.79 Å². The van der Waals surface area contributed by atoms with Crippen LogP contribution in [0.25, 0.3) is 0 Å². The Hall–Kier alpha value is -1.15. The molecular weight excluding hydrogens is 174 g/mol. The second-order valence-corrected chi connectivity index (χ2v) is 3.73. The zero-order chi connectivity index (χ0) is 9.97. The van der Waals surface area contributed by atoms with Gasteiger partial charge in [0.15, 0.2) is 0 Å². The van der Waals surface area contributed by atoms with Crippen molar-refractivity contribution in [3.63, 3.8) is 0 Å². The fourth-order valence-corrected chi connectivity index (χ4v) is 1.93. The Labute approximate surface area is 84.3 Å². The first-order valence-electron chi connectivity index (χ1n) is 5.14. The van der Waals surface area contributed by atoms with Crippen LogP contribution in [0.2, 0.25) is 0 Å². The van der Waals surface area contributed by atoms with Crippen LogP contribution >= 0.6 is 0 Å². The number of carbonyl (C=O) groups is 1. The van der Waals surface area contributed by atoms with Crippen molar-refractivity contribution in [2.75, 3.05) is 0 Å². The average molecular weight is 189 g/mol. The topological polar surface area (TPSA) is 29.1 Å². The second-order valence-electron chi connectivity index (χ2n) is 3.73. The maximum Gasteiger partial charge on any atom is 0.149 e. The molecule has 0 saturated heterocycles. The van der Waals surface area contributed by atoms with Crippen molar-refractivity contribution in [2.45, 2.75) is 32.4 Å². The summed E-state index contributed by atoms with van der Waals surface area (Å²) in [6.45, 7) is 2.75. The molecule has 0 unspecified atom stereocenters. The summed E-state index contributed by atoms with van der Waals surface area (Å²) in [6.07, 6.45) is 1.47. The number of carbonyl (C=O) groups excluding carboxylic acids is 1. The number of rotatable bonds is 2. The van der Waals surface area contributed by atoms with Gasteiger partial charge in [0.1, 0.15) is 5.78 Å². The number of benzene rings is 1. The minimum absolute atomic E-state index is 0.0369. The summed E-state index contributed by atoms with van der Waals surface area (Å²) >= 11 is 0. The van der Waals surface area contributed by atoms with Crippen LogP contribution in [-0.2, 0) is 17.8 Å². The maximum absolute atomic E-state index is 11.5. The molecule has 1 aliphatic rings. The van der Waals surface area contributed by atoms with Crippen LogP contribution in [0.15, 0.2) is 24.3 Å². The Balaban J connectivity index is 2.17. The highest BCUT2D eigenvalue weighted by atomic mass is 16.1. The molecule has 0 saturated carbocycles. The van der Waals surface area contributed by atoms with Crippen LogP contribution in [0.5, 0.6) is 0 Å². The SMILES string of the molecule is CCC(=O)[C@@H]1Cc2ccccc2CN1. The number of hydrogen-bond donors (Lipinski definition) is 1. The highest BCUT2D eigenvalue weighted by molar-refractivity contribution is 5.84. The largest absolute Gasteiger partial charge is 0.303 e. The molecule has 2 nitrogen and oxygen atoms in total. The summed E-state index contributed by atoms with van der Waals surface area (Å²) in [6, 6.07) is 8.36. The molecule has 2 rings (SSSR count). The van der Waals surface area contributed by atoms with E-state index < -0.39 is 0 Å². The van der Waals surface area contributed by atoms with Gasteiger partial charge in [0.25, 0.3) is 0 Å². The first kappa shape index (κ1) is 9.41. The van der Waals surface area contributed by atoms with Gasteiger partial charge in [0, 0.05) is 13.0 Å². The first-order chi connectivity index (χ1) is 6.81. The van der Waals surface area contributed by atoms with Gasteiger partial charge >= 0.3 is 0 Å². The zero-order valence-corrected chi connectivity index (χ0v) is 8.42. The lowest BCUT2D eigenvalue weighted by Gasteiger charge is -2.24. The maximum atomic E-state index is 11.5. The molecule has 74 valence electrons. The predicted molar refractivity (Wildman–Crippen MR) is 56.1 cm³/mol. The Bertz CT molecular complexity index is 346. The van der Waals surface area contributed by atoms with Crippen LogP contribution in [0.4, 0.5) is 0 Å². The molecule has 0 aromatic heterocycles. The summed E-state index contributed by atoms with van der Waals surface area (Å²) in [7, 11) is 0. The van der Waals surface area contributed by atoms with E-state index in [0.717, 1.165) is 13.0 Å². The molecule has 1 aromatic carbocycles. The fraction of sp³-hybridized carbons (Fsp3) is 0.417. The van der Waals surface area contributed by atoms with Crippen molar-refractivity contribution >= 4 is 5.78 Å². The number of hydrogen-bond acceptors (Lipinski definition) is 2. The lowest BCUT2D eigenvalue weighted by Crippen LogP contribution is -2.41. The van der Waals surface area contributed by atoms with Crippen molar-refractivity contribution in [1.29, 1.82) is 0 Å². The zero-order valence-electron chi connectivity index (χ0n) is 8.42. The predicted octanol–water partition coefficient (Wildman–Crippen LogP) is 1.68. The third-order valence-electron chi connectivity index (χ3n) is 2.82. The van der Waals surface area contributed by atoms with Crippen molar-refractivity contribution in [3.8, 4) is 0 Å². The molecule has 1 heterocycles.